The largest absolute Gasteiger partial charge is 0.390 e. The van der Waals surface area contributed by atoms with E-state index in [0.29, 0.717) is 5.92 Å². The minimum atomic E-state index is -0.783. The lowest BCUT2D eigenvalue weighted by atomic mass is 9.75. The summed E-state index contributed by atoms with van der Waals surface area (Å²) < 4.78 is 0. The van der Waals surface area contributed by atoms with Crippen LogP contribution in [0.3, 0.4) is 0 Å². The summed E-state index contributed by atoms with van der Waals surface area (Å²) in [7, 11) is 0. The molecule has 0 heterocycles. The second-order valence-electron chi connectivity index (χ2n) is 6.71. The van der Waals surface area contributed by atoms with E-state index in [1.54, 1.807) is 0 Å². The fraction of sp³-hybridized carbons (Fsp3) is 1.00. The van der Waals surface area contributed by atoms with Crippen LogP contribution in [0.1, 0.15) is 90.9 Å². The van der Waals surface area contributed by atoms with E-state index in [-0.39, 0.29) is 0 Å². The van der Waals surface area contributed by atoms with Crippen molar-refractivity contribution >= 4 is 0 Å². The van der Waals surface area contributed by atoms with Gasteiger partial charge in [-0.15, -0.1) is 0 Å². The third kappa shape index (κ3) is 6.27. The van der Waals surface area contributed by atoms with Gasteiger partial charge in [-0.2, -0.15) is 0 Å². The average molecular weight is 270 g/mol. The number of aliphatic hydroxyl groups is 2. The standard InChI is InChI=1S/C17H34O2/c1-3-4-5-6-7-8-9-10-16(18)17(19)13-11-15(2)12-14-17/h15-16,18-19H,3-14H2,1-2H3. The Morgan fingerprint density at radius 1 is 1.00 bits per heavy atom. The normalized spacial score (nSPS) is 29.4. The summed E-state index contributed by atoms with van der Waals surface area (Å²) in [5.41, 5.74) is -0.783. The predicted molar refractivity (Wildman–Crippen MR) is 81.2 cm³/mol. The molecule has 1 saturated carbocycles. The van der Waals surface area contributed by atoms with E-state index < -0.39 is 11.7 Å². The smallest absolute Gasteiger partial charge is 0.0905 e. The zero-order chi connectivity index (χ0) is 14.1. The molecule has 0 aromatic heterocycles. The van der Waals surface area contributed by atoms with Gasteiger partial charge in [-0.1, -0.05) is 58.8 Å². The lowest BCUT2D eigenvalue weighted by Gasteiger charge is -2.38. The molecule has 19 heavy (non-hydrogen) atoms. The van der Waals surface area contributed by atoms with Gasteiger partial charge in [0, 0.05) is 0 Å². The van der Waals surface area contributed by atoms with Crippen molar-refractivity contribution in [2.45, 2.75) is 103 Å². The summed E-state index contributed by atoms with van der Waals surface area (Å²) in [4.78, 5) is 0. The van der Waals surface area contributed by atoms with Crippen molar-refractivity contribution in [2.75, 3.05) is 0 Å². The summed E-state index contributed by atoms with van der Waals surface area (Å²) in [6.07, 6.45) is 12.8. The van der Waals surface area contributed by atoms with Crippen LogP contribution in [0.25, 0.3) is 0 Å². The van der Waals surface area contributed by atoms with E-state index in [2.05, 4.69) is 13.8 Å². The van der Waals surface area contributed by atoms with Gasteiger partial charge >= 0.3 is 0 Å². The second kappa shape index (κ2) is 8.97. The molecule has 2 N–H and O–H groups in total. The first-order valence-electron chi connectivity index (χ1n) is 8.49. The Balaban J connectivity index is 2.08. The monoisotopic (exact) mass is 270 g/mol. The molecule has 0 aromatic carbocycles. The van der Waals surface area contributed by atoms with E-state index in [1.807, 2.05) is 0 Å². The Bertz CT molecular complexity index is 219. The van der Waals surface area contributed by atoms with Gasteiger partial charge in [0.25, 0.3) is 0 Å². The fourth-order valence-corrected chi connectivity index (χ4v) is 3.16. The highest BCUT2D eigenvalue weighted by Crippen LogP contribution is 2.35. The molecule has 0 amide bonds. The van der Waals surface area contributed by atoms with Crippen LogP contribution in [0.5, 0.6) is 0 Å². The molecule has 1 aliphatic rings. The van der Waals surface area contributed by atoms with Crippen molar-refractivity contribution in [1.29, 1.82) is 0 Å². The summed E-state index contributed by atoms with van der Waals surface area (Å²) >= 11 is 0. The summed E-state index contributed by atoms with van der Waals surface area (Å²) in [5.74, 6) is 0.714. The molecule has 0 spiro atoms. The van der Waals surface area contributed by atoms with Crippen LogP contribution in [-0.4, -0.2) is 21.9 Å². The molecule has 0 radical (unpaired) electrons. The molecule has 2 heteroatoms. The van der Waals surface area contributed by atoms with Crippen molar-refractivity contribution in [3.63, 3.8) is 0 Å². The first-order chi connectivity index (χ1) is 9.08. The van der Waals surface area contributed by atoms with Gasteiger partial charge in [-0.05, 0) is 38.0 Å². The van der Waals surface area contributed by atoms with Crippen LogP contribution in [-0.2, 0) is 0 Å². The van der Waals surface area contributed by atoms with E-state index in [9.17, 15) is 10.2 Å². The van der Waals surface area contributed by atoms with Gasteiger partial charge in [-0.3, -0.25) is 0 Å². The minimum Gasteiger partial charge on any atom is -0.390 e. The number of hydrogen-bond donors (Lipinski definition) is 2. The molecule has 2 nitrogen and oxygen atoms in total. The Hall–Kier alpha value is -0.0800. The van der Waals surface area contributed by atoms with Gasteiger partial charge < -0.3 is 10.2 Å². The van der Waals surface area contributed by atoms with Gasteiger partial charge in [0.2, 0.25) is 0 Å². The molecular weight excluding hydrogens is 236 g/mol. The molecular formula is C17H34O2. The molecule has 1 aliphatic carbocycles. The van der Waals surface area contributed by atoms with Gasteiger partial charge in [0.05, 0.1) is 11.7 Å². The SMILES string of the molecule is CCCCCCCCCC(O)C1(O)CCC(C)CC1. The van der Waals surface area contributed by atoms with E-state index in [0.717, 1.165) is 38.5 Å². The van der Waals surface area contributed by atoms with Crippen LogP contribution >= 0.6 is 0 Å². The Morgan fingerprint density at radius 2 is 1.53 bits per heavy atom. The highest BCUT2D eigenvalue weighted by atomic mass is 16.3. The number of aliphatic hydroxyl groups excluding tert-OH is 1. The van der Waals surface area contributed by atoms with Crippen molar-refractivity contribution in [1.82, 2.24) is 0 Å². The Morgan fingerprint density at radius 3 is 2.11 bits per heavy atom. The maximum absolute atomic E-state index is 10.5. The molecule has 0 saturated heterocycles. The topological polar surface area (TPSA) is 40.5 Å². The Kier molecular flexibility index (Phi) is 8.01. The highest BCUT2D eigenvalue weighted by Gasteiger charge is 2.37. The summed E-state index contributed by atoms with van der Waals surface area (Å²) in [6, 6.07) is 0. The lowest BCUT2D eigenvalue weighted by Crippen LogP contribution is -2.45. The van der Waals surface area contributed by atoms with Crippen molar-refractivity contribution < 1.29 is 10.2 Å². The second-order valence-corrected chi connectivity index (χ2v) is 6.71. The zero-order valence-electron chi connectivity index (χ0n) is 13.0. The van der Waals surface area contributed by atoms with Gasteiger partial charge in [-0.25, -0.2) is 0 Å². The molecule has 1 rings (SSSR count). The zero-order valence-corrected chi connectivity index (χ0v) is 13.0. The Labute approximate surface area is 119 Å². The van der Waals surface area contributed by atoms with E-state index in [4.69, 9.17) is 0 Å². The molecule has 0 bridgehead atoms. The number of unbranched alkanes of at least 4 members (excludes halogenated alkanes) is 6. The maximum Gasteiger partial charge on any atom is 0.0905 e. The number of hydrogen-bond acceptors (Lipinski definition) is 2. The van der Waals surface area contributed by atoms with Crippen LogP contribution in [0.4, 0.5) is 0 Å². The summed E-state index contributed by atoms with van der Waals surface area (Å²) in [6.45, 7) is 4.48. The molecule has 0 aliphatic heterocycles. The van der Waals surface area contributed by atoms with Gasteiger partial charge in [0.1, 0.15) is 0 Å². The van der Waals surface area contributed by atoms with Gasteiger partial charge in [0.15, 0.2) is 0 Å². The van der Waals surface area contributed by atoms with Crippen LogP contribution < -0.4 is 0 Å². The molecule has 114 valence electrons. The third-order valence-corrected chi connectivity index (χ3v) is 4.84. The van der Waals surface area contributed by atoms with E-state index >= 15 is 0 Å². The molecule has 1 fully saturated rings. The fourth-order valence-electron chi connectivity index (χ4n) is 3.16. The third-order valence-electron chi connectivity index (χ3n) is 4.84. The summed E-state index contributed by atoms with van der Waals surface area (Å²) in [5, 5.41) is 20.7. The minimum absolute atomic E-state index is 0.504. The van der Waals surface area contributed by atoms with Crippen LogP contribution in [0.2, 0.25) is 0 Å². The first-order valence-corrected chi connectivity index (χ1v) is 8.49. The highest BCUT2D eigenvalue weighted by molar-refractivity contribution is 4.90. The predicted octanol–water partition coefficient (Wildman–Crippen LogP) is 4.43. The van der Waals surface area contributed by atoms with Crippen molar-refractivity contribution in [3.8, 4) is 0 Å². The van der Waals surface area contributed by atoms with Crippen molar-refractivity contribution in [3.05, 3.63) is 0 Å². The average Bonchev–Trinajstić information content (AvgIpc) is 2.41. The van der Waals surface area contributed by atoms with Crippen LogP contribution in [0, 0.1) is 5.92 Å². The maximum atomic E-state index is 10.5. The molecule has 1 atom stereocenters. The molecule has 0 aromatic rings. The quantitative estimate of drug-likeness (QED) is 0.608. The van der Waals surface area contributed by atoms with Crippen molar-refractivity contribution in [2.24, 2.45) is 5.92 Å². The van der Waals surface area contributed by atoms with Crippen LogP contribution in [0.15, 0.2) is 0 Å². The lowest BCUT2D eigenvalue weighted by molar-refractivity contribution is -0.106. The molecule has 1 unspecified atom stereocenters. The van der Waals surface area contributed by atoms with E-state index in [1.165, 1.54) is 38.5 Å². The number of rotatable bonds is 9. The first kappa shape index (κ1) is 17.0.